The molecule has 19 heavy (non-hydrogen) atoms. The number of anilines is 1. The number of ether oxygens (including phenoxy) is 2. The number of hydrogen-bond donors (Lipinski definition) is 1. The average molecular weight is 276 g/mol. The maximum Gasteiger partial charge on any atom is 0.246 e. The first-order valence-electron chi connectivity index (χ1n) is 6.19. The van der Waals surface area contributed by atoms with E-state index < -0.39 is 5.79 Å². The van der Waals surface area contributed by atoms with Crippen LogP contribution in [0.25, 0.3) is 0 Å². The van der Waals surface area contributed by atoms with Gasteiger partial charge in [-0.2, -0.15) is 0 Å². The van der Waals surface area contributed by atoms with Gasteiger partial charge in [-0.25, -0.2) is 4.98 Å². The molecule has 4 nitrogen and oxygen atoms in total. The van der Waals surface area contributed by atoms with Gasteiger partial charge in [0.25, 0.3) is 0 Å². The van der Waals surface area contributed by atoms with Crippen LogP contribution < -0.4 is 14.8 Å². The molecule has 0 unspecified atom stereocenters. The molecule has 1 aliphatic heterocycles. The average Bonchev–Trinajstić information content (AvgIpc) is 2.87. The smallest absolute Gasteiger partial charge is 0.246 e. The van der Waals surface area contributed by atoms with Crippen molar-refractivity contribution in [1.29, 1.82) is 0 Å². The largest absolute Gasteiger partial charge is 0.449 e. The monoisotopic (exact) mass is 276 g/mol. The Labute approximate surface area is 116 Å². The number of hydrogen-bond acceptors (Lipinski definition) is 5. The van der Waals surface area contributed by atoms with Crippen molar-refractivity contribution >= 4 is 17.0 Å². The second kappa shape index (κ2) is 4.42. The van der Waals surface area contributed by atoms with Crippen LogP contribution in [0.1, 0.15) is 24.5 Å². The minimum absolute atomic E-state index is 0.576. The van der Waals surface area contributed by atoms with Gasteiger partial charge < -0.3 is 14.8 Å². The number of aromatic nitrogens is 1. The predicted molar refractivity (Wildman–Crippen MR) is 76.0 cm³/mol. The highest BCUT2D eigenvalue weighted by Gasteiger charge is 2.31. The molecule has 0 bridgehead atoms. The van der Waals surface area contributed by atoms with Crippen molar-refractivity contribution in [3.8, 4) is 11.5 Å². The molecule has 0 aliphatic carbocycles. The Morgan fingerprint density at radius 2 is 2.05 bits per heavy atom. The topological polar surface area (TPSA) is 43.4 Å². The van der Waals surface area contributed by atoms with Gasteiger partial charge in [0.05, 0.1) is 6.54 Å². The van der Waals surface area contributed by atoms with Crippen LogP contribution in [-0.2, 0) is 6.54 Å². The zero-order valence-electron chi connectivity index (χ0n) is 11.2. The second-order valence-electron chi connectivity index (χ2n) is 5.00. The lowest BCUT2D eigenvalue weighted by molar-refractivity contribution is -0.0431. The Kier molecular flexibility index (Phi) is 2.86. The lowest BCUT2D eigenvalue weighted by Crippen LogP contribution is -2.29. The number of aryl methyl sites for hydroxylation is 1. The quantitative estimate of drug-likeness (QED) is 0.930. The standard InChI is InChI=1S/C14H16N2O2S/c1-9-8-19-13(16-9)7-15-10-4-5-11-12(6-10)18-14(2,3)17-11/h4-6,8,15H,7H2,1-3H3. The molecular weight excluding hydrogens is 260 g/mol. The maximum atomic E-state index is 5.72. The van der Waals surface area contributed by atoms with Crippen LogP contribution >= 0.6 is 11.3 Å². The van der Waals surface area contributed by atoms with E-state index in [9.17, 15) is 0 Å². The highest BCUT2D eigenvalue weighted by atomic mass is 32.1. The Balaban J connectivity index is 1.70. The lowest BCUT2D eigenvalue weighted by Gasteiger charge is -2.16. The summed E-state index contributed by atoms with van der Waals surface area (Å²) in [7, 11) is 0. The van der Waals surface area contributed by atoms with E-state index in [1.165, 1.54) is 0 Å². The van der Waals surface area contributed by atoms with E-state index in [0.29, 0.717) is 0 Å². The van der Waals surface area contributed by atoms with E-state index in [1.807, 2.05) is 39.0 Å². The van der Waals surface area contributed by atoms with E-state index in [1.54, 1.807) is 11.3 Å². The van der Waals surface area contributed by atoms with Crippen molar-refractivity contribution in [2.75, 3.05) is 5.32 Å². The van der Waals surface area contributed by atoms with E-state index in [2.05, 4.69) is 15.7 Å². The van der Waals surface area contributed by atoms with Gasteiger partial charge in [-0.15, -0.1) is 11.3 Å². The van der Waals surface area contributed by atoms with Gasteiger partial charge in [0.1, 0.15) is 5.01 Å². The fourth-order valence-corrected chi connectivity index (χ4v) is 2.71. The van der Waals surface area contributed by atoms with Crippen LogP contribution in [-0.4, -0.2) is 10.8 Å². The number of thiazole rings is 1. The molecule has 0 saturated heterocycles. The molecule has 1 aromatic carbocycles. The van der Waals surface area contributed by atoms with E-state index in [4.69, 9.17) is 9.47 Å². The van der Waals surface area contributed by atoms with Crippen LogP contribution in [0.4, 0.5) is 5.69 Å². The molecule has 2 aromatic rings. The molecule has 5 heteroatoms. The third-order valence-electron chi connectivity index (χ3n) is 2.77. The molecule has 0 atom stereocenters. The Bertz CT molecular complexity index is 607. The number of nitrogens with one attached hydrogen (secondary N) is 1. The van der Waals surface area contributed by atoms with Gasteiger partial charge >= 0.3 is 0 Å². The summed E-state index contributed by atoms with van der Waals surface area (Å²) in [5.74, 6) is 0.999. The first kappa shape index (κ1) is 12.3. The van der Waals surface area contributed by atoms with E-state index >= 15 is 0 Å². The van der Waals surface area contributed by atoms with Crippen molar-refractivity contribution in [3.63, 3.8) is 0 Å². The van der Waals surface area contributed by atoms with E-state index in [-0.39, 0.29) is 0 Å². The molecule has 100 valence electrons. The fourth-order valence-electron chi connectivity index (χ4n) is 1.99. The summed E-state index contributed by atoms with van der Waals surface area (Å²) in [5, 5.41) is 6.48. The SMILES string of the molecule is Cc1csc(CNc2ccc3c(c2)OC(C)(C)O3)n1. The minimum atomic E-state index is -0.576. The molecule has 1 N–H and O–H groups in total. The summed E-state index contributed by atoms with van der Waals surface area (Å²) < 4.78 is 11.4. The van der Waals surface area contributed by atoms with Crippen molar-refractivity contribution in [2.45, 2.75) is 33.1 Å². The van der Waals surface area contributed by atoms with Crippen molar-refractivity contribution in [1.82, 2.24) is 4.98 Å². The molecule has 0 amide bonds. The number of rotatable bonds is 3. The Morgan fingerprint density at radius 3 is 2.79 bits per heavy atom. The molecule has 3 rings (SSSR count). The molecule has 0 fully saturated rings. The second-order valence-corrected chi connectivity index (χ2v) is 5.94. The van der Waals surface area contributed by atoms with Crippen LogP contribution in [0.5, 0.6) is 11.5 Å². The third kappa shape index (κ3) is 2.66. The highest BCUT2D eigenvalue weighted by molar-refractivity contribution is 7.09. The molecule has 1 aliphatic rings. The van der Waals surface area contributed by atoms with Gasteiger partial charge in [-0.3, -0.25) is 0 Å². The number of nitrogens with zero attached hydrogens (tertiary/aromatic N) is 1. The molecular formula is C14H16N2O2S. The predicted octanol–water partition coefficient (Wildman–Crippen LogP) is 3.57. The van der Waals surface area contributed by atoms with Crippen LogP contribution in [0.2, 0.25) is 0 Å². The van der Waals surface area contributed by atoms with Gasteiger partial charge in [-0.1, -0.05) is 0 Å². The third-order valence-corrected chi connectivity index (χ3v) is 3.73. The van der Waals surface area contributed by atoms with Crippen molar-refractivity contribution in [2.24, 2.45) is 0 Å². The number of benzene rings is 1. The fraction of sp³-hybridized carbons (Fsp3) is 0.357. The molecule has 0 radical (unpaired) electrons. The Morgan fingerprint density at radius 1 is 1.26 bits per heavy atom. The molecule has 1 aromatic heterocycles. The first-order valence-corrected chi connectivity index (χ1v) is 7.07. The summed E-state index contributed by atoms with van der Waals surface area (Å²) >= 11 is 1.66. The van der Waals surface area contributed by atoms with E-state index in [0.717, 1.165) is 34.4 Å². The summed E-state index contributed by atoms with van der Waals surface area (Å²) in [6, 6.07) is 5.88. The summed E-state index contributed by atoms with van der Waals surface area (Å²) in [5.41, 5.74) is 2.07. The lowest BCUT2D eigenvalue weighted by atomic mass is 10.3. The maximum absolute atomic E-state index is 5.72. The van der Waals surface area contributed by atoms with Gasteiger partial charge in [-0.05, 0) is 19.1 Å². The summed E-state index contributed by atoms with van der Waals surface area (Å²) in [4.78, 5) is 4.42. The van der Waals surface area contributed by atoms with Crippen molar-refractivity contribution < 1.29 is 9.47 Å². The summed E-state index contributed by atoms with van der Waals surface area (Å²) in [6.07, 6.45) is 0. The molecule has 0 spiro atoms. The van der Waals surface area contributed by atoms with Gasteiger partial charge in [0.2, 0.25) is 5.79 Å². The van der Waals surface area contributed by atoms with Crippen LogP contribution in [0, 0.1) is 6.92 Å². The van der Waals surface area contributed by atoms with Crippen molar-refractivity contribution in [3.05, 3.63) is 34.3 Å². The zero-order valence-corrected chi connectivity index (χ0v) is 12.0. The van der Waals surface area contributed by atoms with Gasteiger partial charge in [0.15, 0.2) is 11.5 Å². The minimum Gasteiger partial charge on any atom is -0.449 e. The van der Waals surface area contributed by atoms with Crippen LogP contribution in [0.3, 0.4) is 0 Å². The Hall–Kier alpha value is -1.75. The van der Waals surface area contributed by atoms with Crippen LogP contribution in [0.15, 0.2) is 23.6 Å². The van der Waals surface area contributed by atoms with Gasteiger partial charge in [0, 0.05) is 36.7 Å². The summed E-state index contributed by atoms with van der Waals surface area (Å²) in [6.45, 7) is 6.53. The highest BCUT2D eigenvalue weighted by Crippen LogP contribution is 2.40. The number of fused-ring (bicyclic) bond motifs is 1. The first-order chi connectivity index (χ1) is 9.02. The molecule has 0 saturated carbocycles. The molecule has 2 heterocycles. The normalized spacial score (nSPS) is 15.5. The zero-order chi connectivity index (χ0) is 13.5.